The van der Waals surface area contributed by atoms with Crippen molar-refractivity contribution in [2.45, 2.75) is 50.0 Å². The molecule has 37 heavy (non-hydrogen) atoms. The van der Waals surface area contributed by atoms with Gasteiger partial charge in [0.15, 0.2) is 0 Å². The first-order valence-corrected chi connectivity index (χ1v) is 14.1. The highest BCUT2D eigenvalue weighted by Crippen LogP contribution is 2.39. The van der Waals surface area contributed by atoms with E-state index in [0.717, 1.165) is 24.8 Å². The van der Waals surface area contributed by atoms with Crippen LogP contribution in [0.5, 0.6) is 0 Å². The number of ketones is 1. The fourth-order valence-corrected chi connectivity index (χ4v) is 6.42. The monoisotopic (exact) mass is 526 g/mol. The lowest BCUT2D eigenvalue weighted by molar-refractivity contribution is -0.140. The van der Waals surface area contributed by atoms with Crippen molar-refractivity contribution in [3.05, 3.63) is 70.8 Å². The minimum Gasteiger partial charge on any atom is -0.507 e. The fourth-order valence-electron chi connectivity index (χ4n) is 4.90. The molecule has 4 rings (SSSR count). The average Bonchev–Trinajstić information content (AvgIpc) is 3.17. The number of Topliss-reactive ketones (excluding diaryl/α,β-unsaturated/α-hetero) is 1. The minimum absolute atomic E-state index is 0.0231. The Kier molecular flexibility index (Phi) is 8.16. The summed E-state index contributed by atoms with van der Waals surface area (Å²) in [4.78, 5) is 27.6. The third-order valence-corrected chi connectivity index (χ3v) is 8.99. The van der Waals surface area contributed by atoms with Crippen molar-refractivity contribution in [3.8, 4) is 0 Å². The number of ether oxygens (including phenoxy) is 1. The van der Waals surface area contributed by atoms with Crippen LogP contribution in [-0.2, 0) is 24.3 Å². The van der Waals surface area contributed by atoms with Gasteiger partial charge in [0, 0.05) is 32.3 Å². The van der Waals surface area contributed by atoms with Crippen molar-refractivity contribution in [1.82, 2.24) is 9.21 Å². The average molecular weight is 527 g/mol. The van der Waals surface area contributed by atoms with E-state index >= 15 is 0 Å². The van der Waals surface area contributed by atoms with Gasteiger partial charge in [-0.1, -0.05) is 44.5 Å². The van der Waals surface area contributed by atoms with E-state index in [0.29, 0.717) is 24.6 Å². The number of hydrogen-bond acceptors (Lipinski definition) is 6. The Morgan fingerprint density at radius 3 is 2.19 bits per heavy atom. The summed E-state index contributed by atoms with van der Waals surface area (Å²) in [6.45, 7) is 5.55. The molecule has 198 valence electrons. The van der Waals surface area contributed by atoms with Gasteiger partial charge in [-0.15, -0.1) is 0 Å². The van der Waals surface area contributed by atoms with E-state index < -0.39 is 27.8 Å². The number of sulfonamides is 1. The van der Waals surface area contributed by atoms with Crippen molar-refractivity contribution in [2.24, 2.45) is 0 Å². The molecule has 2 heterocycles. The second kappa shape index (κ2) is 11.2. The lowest BCUT2D eigenvalue weighted by atomic mass is 9.93. The number of hydrogen-bond donors (Lipinski definition) is 1. The van der Waals surface area contributed by atoms with Gasteiger partial charge in [-0.2, -0.15) is 4.31 Å². The Balaban J connectivity index is 1.73. The molecule has 0 saturated carbocycles. The maximum Gasteiger partial charge on any atom is 0.295 e. The van der Waals surface area contributed by atoms with Gasteiger partial charge in [-0.3, -0.25) is 9.59 Å². The Morgan fingerprint density at radius 2 is 1.62 bits per heavy atom. The smallest absolute Gasteiger partial charge is 0.295 e. The summed E-state index contributed by atoms with van der Waals surface area (Å²) in [6, 6.07) is 12.7. The third kappa shape index (κ3) is 5.35. The number of nitrogens with zero attached hydrogens (tertiary/aromatic N) is 2. The zero-order chi connectivity index (χ0) is 26.7. The Labute approximate surface area is 218 Å². The van der Waals surface area contributed by atoms with Gasteiger partial charge in [-0.05, 0) is 54.2 Å². The Bertz CT molecular complexity index is 1280. The lowest BCUT2D eigenvalue weighted by Crippen LogP contribution is -2.35. The molecular weight excluding hydrogens is 492 g/mol. The molecule has 0 aromatic heterocycles. The molecule has 1 N–H and O–H groups in total. The Hall–Kier alpha value is -3.01. The van der Waals surface area contributed by atoms with Crippen molar-refractivity contribution in [2.75, 3.05) is 33.4 Å². The van der Waals surface area contributed by atoms with Gasteiger partial charge in [0.2, 0.25) is 10.0 Å². The van der Waals surface area contributed by atoms with Crippen LogP contribution in [0.3, 0.4) is 0 Å². The summed E-state index contributed by atoms with van der Waals surface area (Å²) in [5.74, 6) is -1.51. The number of piperidine rings is 1. The molecule has 2 fully saturated rings. The van der Waals surface area contributed by atoms with Crippen molar-refractivity contribution >= 4 is 27.5 Å². The summed E-state index contributed by atoms with van der Waals surface area (Å²) in [5.41, 5.74) is 2.06. The van der Waals surface area contributed by atoms with Crippen molar-refractivity contribution in [1.29, 1.82) is 0 Å². The number of methoxy groups -OCH3 is 1. The SMILES string of the molecule is COCCN1C(=O)C(=O)C(=C(O)c2ccc(S(=O)(=O)N3CCCCC3)cc2)[C@@H]1c1ccc(C(C)C)cc1. The molecule has 9 heteroatoms. The van der Waals surface area contributed by atoms with Crippen LogP contribution in [0.4, 0.5) is 0 Å². The van der Waals surface area contributed by atoms with Crippen LogP contribution in [0.2, 0.25) is 0 Å². The first-order chi connectivity index (χ1) is 17.7. The maximum atomic E-state index is 13.1. The number of benzene rings is 2. The second-order valence-corrected chi connectivity index (χ2v) is 11.7. The highest BCUT2D eigenvalue weighted by molar-refractivity contribution is 7.89. The molecule has 1 amide bonds. The van der Waals surface area contributed by atoms with Crippen LogP contribution in [0.15, 0.2) is 59.0 Å². The topological polar surface area (TPSA) is 104 Å². The molecule has 2 aliphatic heterocycles. The Morgan fingerprint density at radius 1 is 1.00 bits per heavy atom. The van der Waals surface area contributed by atoms with Crippen LogP contribution in [-0.4, -0.2) is 67.8 Å². The molecule has 0 bridgehead atoms. The van der Waals surface area contributed by atoms with E-state index in [-0.39, 0.29) is 34.9 Å². The molecule has 0 radical (unpaired) electrons. The molecule has 1 atom stereocenters. The normalized spacial score (nSPS) is 20.6. The quantitative estimate of drug-likeness (QED) is 0.316. The number of aliphatic hydroxyl groups is 1. The summed E-state index contributed by atoms with van der Waals surface area (Å²) in [7, 11) is -2.12. The van der Waals surface area contributed by atoms with Gasteiger partial charge in [0.1, 0.15) is 5.76 Å². The first-order valence-electron chi connectivity index (χ1n) is 12.6. The number of aliphatic hydroxyl groups excluding tert-OH is 1. The number of amides is 1. The summed E-state index contributed by atoms with van der Waals surface area (Å²) in [5, 5.41) is 11.3. The minimum atomic E-state index is -3.63. The maximum absolute atomic E-state index is 13.1. The molecule has 2 saturated heterocycles. The number of carbonyl (C=O) groups excluding carboxylic acids is 2. The van der Waals surface area contributed by atoms with E-state index in [1.54, 1.807) is 0 Å². The predicted octanol–water partition coefficient (Wildman–Crippen LogP) is 4.05. The van der Waals surface area contributed by atoms with E-state index in [9.17, 15) is 23.1 Å². The fraction of sp³-hybridized carbons (Fsp3) is 0.429. The van der Waals surface area contributed by atoms with Gasteiger partial charge in [0.05, 0.1) is 23.1 Å². The molecular formula is C28H34N2O6S. The number of carbonyl (C=O) groups is 2. The molecule has 0 spiro atoms. The van der Waals surface area contributed by atoms with E-state index in [1.807, 2.05) is 24.3 Å². The zero-order valence-electron chi connectivity index (χ0n) is 21.5. The third-order valence-electron chi connectivity index (χ3n) is 7.08. The molecule has 2 aromatic carbocycles. The standard InChI is InChI=1S/C28H34N2O6S/c1-19(2)20-7-9-21(10-8-20)25-24(27(32)28(33)30(25)17-18-36-3)26(31)22-11-13-23(14-12-22)37(34,35)29-15-5-4-6-16-29/h7-14,19,25,31H,4-6,15-18H2,1-3H3/t25-/m0/s1. The second-order valence-electron chi connectivity index (χ2n) is 9.80. The van der Waals surface area contributed by atoms with Gasteiger partial charge in [0.25, 0.3) is 11.7 Å². The van der Waals surface area contributed by atoms with Crippen molar-refractivity contribution in [3.63, 3.8) is 0 Å². The van der Waals surface area contributed by atoms with E-state index in [2.05, 4.69) is 13.8 Å². The molecule has 8 nitrogen and oxygen atoms in total. The van der Waals surface area contributed by atoms with E-state index in [4.69, 9.17) is 4.74 Å². The summed E-state index contributed by atoms with van der Waals surface area (Å²) < 4.78 is 32.7. The van der Waals surface area contributed by atoms with Crippen LogP contribution >= 0.6 is 0 Å². The van der Waals surface area contributed by atoms with Gasteiger partial charge in [-0.25, -0.2) is 8.42 Å². The predicted molar refractivity (Wildman–Crippen MR) is 140 cm³/mol. The molecule has 0 unspecified atom stereocenters. The first kappa shape index (κ1) is 27.0. The van der Waals surface area contributed by atoms with Crippen LogP contribution < -0.4 is 0 Å². The van der Waals surface area contributed by atoms with E-state index in [1.165, 1.54) is 40.6 Å². The van der Waals surface area contributed by atoms with Gasteiger partial charge >= 0.3 is 0 Å². The van der Waals surface area contributed by atoms with Crippen molar-refractivity contribution < 1.29 is 27.9 Å². The van der Waals surface area contributed by atoms with Crippen LogP contribution in [0, 0.1) is 0 Å². The molecule has 2 aliphatic rings. The van der Waals surface area contributed by atoms with Crippen LogP contribution in [0.25, 0.3) is 5.76 Å². The summed E-state index contributed by atoms with van der Waals surface area (Å²) in [6.07, 6.45) is 2.68. The molecule has 2 aromatic rings. The highest BCUT2D eigenvalue weighted by atomic mass is 32.2. The summed E-state index contributed by atoms with van der Waals surface area (Å²) >= 11 is 0. The number of likely N-dealkylation sites (tertiary alicyclic amines) is 1. The molecule has 0 aliphatic carbocycles. The number of rotatable bonds is 8. The lowest BCUT2D eigenvalue weighted by Gasteiger charge is -2.26. The van der Waals surface area contributed by atoms with Gasteiger partial charge < -0.3 is 14.7 Å². The van der Waals surface area contributed by atoms with Crippen LogP contribution in [0.1, 0.15) is 61.8 Å². The highest BCUT2D eigenvalue weighted by Gasteiger charge is 2.45. The zero-order valence-corrected chi connectivity index (χ0v) is 22.3. The largest absolute Gasteiger partial charge is 0.507 e.